The first-order chi connectivity index (χ1) is 5.84. The smallest absolute Gasteiger partial charge is 0.122 e. The topological polar surface area (TPSA) is 26.3 Å². The summed E-state index contributed by atoms with van der Waals surface area (Å²) in [5.41, 5.74) is 0. The summed E-state index contributed by atoms with van der Waals surface area (Å²) >= 11 is 0. The zero-order chi connectivity index (χ0) is 8.81. The Balaban J connectivity index is 2.15. The maximum absolute atomic E-state index is 10.0. The number of carbonyl (C=O) groups is 1. The number of hydrogen-bond acceptors (Lipinski definition) is 2. The van der Waals surface area contributed by atoms with E-state index in [1.807, 2.05) is 0 Å². The van der Waals surface area contributed by atoms with Crippen LogP contribution >= 0.6 is 0 Å². The minimum Gasteiger partial charge on any atom is -0.377 e. The molecule has 2 heteroatoms. The molecule has 1 aliphatic carbocycles. The van der Waals surface area contributed by atoms with Gasteiger partial charge in [0.25, 0.3) is 0 Å². The lowest BCUT2D eigenvalue weighted by Crippen LogP contribution is -2.25. The molecule has 0 radical (unpaired) electrons. The first kappa shape index (κ1) is 9.72. The quantitative estimate of drug-likeness (QED) is 0.477. The van der Waals surface area contributed by atoms with E-state index in [1.165, 1.54) is 25.7 Å². The summed E-state index contributed by atoms with van der Waals surface area (Å²) in [6, 6.07) is 0. The molecule has 0 heterocycles. The van der Waals surface area contributed by atoms with E-state index in [4.69, 9.17) is 4.74 Å². The molecular weight excluding hydrogens is 152 g/mol. The fourth-order valence-corrected chi connectivity index (χ4v) is 1.80. The van der Waals surface area contributed by atoms with Gasteiger partial charge in [-0.1, -0.05) is 19.8 Å². The summed E-state index contributed by atoms with van der Waals surface area (Å²) in [7, 11) is 0. The Kier molecular flexibility index (Phi) is 4.30. The van der Waals surface area contributed by atoms with Crippen molar-refractivity contribution in [2.45, 2.75) is 45.1 Å². The highest BCUT2D eigenvalue weighted by Crippen LogP contribution is 2.26. The van der Waals surface area contributed by atoms with Gasteiger partial charge in [-0.25, -0.2) is 0 Å². The molecule has 1 aliphatic rings. The van der Waals surface area contributed by atoms with Crippen LogP contribution in [0.15, 0.2) is 0 Å². The van der Waals surface area contributed by atoms with Crippen molar-refractivity contribution in [3.63, 3.8) is 0 Å². The molecule has 70 valence electrons. The second-order valence-electron chi connectivity index (χ2n) is 3.63. The third-order valence-electron chi connectivity index (χ3n) is 2.60. The summed E-state index contributed by atoms with van der Waals surface area (Å²) in [6.45, 7) is 2.85. The van der Waals surface area contributed by atoms with Crippen molar-refractivity contribution in [2.24, 2.45) is 5.92 Å². The van der Waals surface area contributed by atoms with Gasteiger partial charge in [-0.15, -0.1) is 0 Å². The predicted octanol–water partition coefficient (Wildman–Crippen LogP) is 2.17. The van der Waals surface area contributed by atoms with E-state index >= 15 is 0 Å². The third kappa shape index (κ3) is 2.94. The minimum atomic E-state index is 0.415. The van der Waals surface area contributed by atoms with Crippen molar-refractivity contribution >= 4 is 6.29 Å². The molecule has 0 aliphatic heterocycles. The molecule has 12 heavy (non-hydrogen) atoms. The largest absolute Gasteiger partial charge is 0.377 e. The van der Waals surface area contributed by atoms with Crippen molar-refractivity contribution in [1.29, 1.82) is 0 Å². The van der Waals surface area contributed by atoms with Crippen LogP contribution in [0.4, 0.5) is 0 Å². The fraction of sp³-hybridized carbons (Fsp3) is 0.900. The molecule has 0 aromatic heterocycles. The average molecular weight is 170 g/mol. The van der Waals surface area contributed by atoms with Crippen molar-refractivity contribution in [3.05, 3.63) is 0 Å². The number of ether oxygens (including phenoxy) is 1. The van der Waals surface area contributed by atoms with Crippen LogP contribution in [-0.2, 0) is 9.53 Å². The summed E-state index contributed by atoms with van der Waals surface area (Å²) in [5.74, 6) is 0.686. The van der Waals surface area contributed by atoms with Crippen LogP contribution in [0.25, 0.3) is 0 Å². The molecule has 2 unspecified atom stereocenters. The Labute approximate surface area is 74.3 Å². The van der Waals surface area contributed by atoms with Crippen LogP contribution in [0.1, 0.15) is 39.0 Å². The highest BCUT2D eigenvalue weighted by atomic mass is 16.5. The van der Waals surface area contributed by atoms with Gasteiger partial charge in [0.2, 0.25) is 0 Å². The Morgan fingerprint density at radius 2 is 2.17 bits per heavy atom. The summed E-state index contributed by atoms with van der Waals surface area (Å²) < 4.78 is 5.60. The van der Waals surface area contributed by atoms with E-state index in [1.54, 1.807) is 0 Å². The fourth-order valence-electron chi connectivity index (χ4n) is 1.80. The molecule has 1 rings (SSSR count). The lowest BCUT2D eigenvalue weighted by atomic mass is 9.88. The second-order valence-corrected chi connectivity index (χ2v) is 3.63. The SMILES string of the molecule is CC1CCCCC1OCCC=O. The number of hydrogen-bond donors (Lipinski definition) is 0. The van der Waals surface area contributed by atoms with Gasteiger partial charge in [-0.2, -0.15) is 0 Å². The molecule has 0 bridgehead atoms. The highest BCUT2D eigenvalue weighted by molar-refractivity contribution is 5.49. The van der Waals surface area contributed by atoms with E-state index in [9.17, 15) is 4.79 Å². The van der Waals surface area contributed by atoms with Crippen molar-refractivity contribution in [1.82, 2.24) is 0 Å². The van der Waals surface area contributed by atoms with E-state index in [-0.39, 0.29) is 0 Å². The normalized spacial score (nSPS) is 30.1. The van der Waals surface area contributed by atoms with E-state index in [2.05, 4.69) is 6.92 Å². The average Bonchev–Trinajstić information content (AvgIpc) is 2.09. The van der Waals surface area contributed by atoms with Crippen LogP contribution in [0.2, 0.25) is 0 Å². The van der Waals surface area contributed by atoms with Crippen LogP contribution in [0.5, 0.6) is 0 Å². The summed E-state index contributed by atoms with van der Waals surface area (Å²) in [4.78, 5) is 10.0. The number of rotatable bonds is 4. The van der Waals surface area contributed by atoms with Crippen LogP contribution in [-0.4, -0.2) is 19.0 Å². The highest BCUT2D eigenvalue weighted by Gasteiger charge is 2.21. The number of aldehydes is 1. The first-order valence-corrected chi connectivity index (χ1v) is 4.90. The van der Waals surface area contributed by atoms with E-state index in [0.717, 1.165) is 6.29 Å². The van der Waals surface area contributed by atoms with E-state index in [0.29, 0.717) is 25.0 Å². The first-order valence-electron chi connectivity index (χ1n) is 4.90. The molecule has 0 N–H and O–H groups in total. The molecule has 0 aromatic carbocycles. The van der Waals surface area contributed by atoms with Crippen molar-refractivity contribution < 1.29 is 9.53 Å². The Morgan fingerprint density at radius 1 is 1.42 bits per heavy atom. The third-order valence-corrected chi connectivity index (χ3v) is 2.60. The van der Waals surface area contributed by atoms with Crippen molar-refractivity contribution in [2.75, 3.05) is 6.61 Å². The molecule has 2 atom stereocenters. The molecule has 0 saturated heterocycles. The maximum atomic E-state index is 10.0. The minimum absolute atomic E-state index is 0.415. The lowest BCUT2D eigenvalue weighted by molar-refractivity contribution is -0.109. The molecule has 1 saturated carbocycles. The zero-order valence-electron chi connectivity index (χ0n) is 7.79. The molecular formula is C10H18O2. The van der Waals surface area contributed by atoms with Gasteiger partial charge < -0.3 is 9.53 Å². The standard InChI is InChI=1S/C10H18O2/c1-9-5-2-3-6-10(9)12-8-4-7-11/h7,9-10H,2-6,8H2,1H3. The summed E-state index contributed by atoms with van der Waals surface area (Å²) in [5, 5.41) is 0. The molecule has 0 aromatic rings. The van der Waals surface area contributed by atoms with Crippen LogP contribution in [0.3, 0.4) is 0 Å². The molecule has 1 fully saturated rings. The molecule has 0 spiro atoms. The van der Waals surface area contributed by atoms with Gasteiger partial charge >= 0.3 is 0 Å². The summed E-state index contributed by atoms with van der Waals surface area (Å²) in [6.07, 6.45) is 6.98. The Morgan fingerprint density at radius 3 is 2.83 bits per heavy atom. The van der Waals surface area contributed by atoms with Crippen LogP contribution < -0.4 is 0 Å². The zero-order valence-corrected chi connectivity index (χ0v) is 7.79. The second kappa shape index (κ2) is 5.31. The van der Waals surface area contributed by atoms with Gasteiger partial charge in [0.1, 0.15) is 6.29 Å². The number of carbonyl (C=O) groups excluding carboxylic acids is 1. The van der Waals surface area contributed by atoms with Gasteiger partial charge in [0, 0.05) is 6.42 Å². The van der Waals surface area contributed by atoms with Gasteiger partial charge in [-0.05, 0) is 18.8 Å². The van der Waals surface area contributed by atoms with E-state index < -0.39 is 0 Å². The van der Waals surface area contributed by atoms with Crippen molar-refractivity contribution in [3.8, 4) is 0 Å². The monoisotopic (exact) mass is 170 g/mol. The predicted molar refractivity (Wildman–Crippen MR) is 48.1 cm³/mol. The Hall–Kier alpha value is -0.370. The maximum Gasteiger partial charge on any atom is 0.122 e. The lowest BCUT2D eigenvalue weighted by Gasteiger charge is -2.28. The van der Waals surface area contributed by atoms with Gasteiger partial charge in [0.05, 0.1) is 12.7 Å². The molecule has 2 nitrogen and oxygen atoms in total. The molecule has 0 amide bonds. The van der Waals surface area contributed by atoms with Gasteiger partial charge in [0.15, 0.2) is 0 Å². The van der Waals surface area contributed by atoms with Crippen LogP contribution in [0, 0.1) is 5.92 Å². The van der Waals surface area contributed by atoms with Gasteiger partial charge in [-0.3, -0.25) is 0 Å². The Bertz CT molecular complexity index is 134.